The molecule has 6 nitrogen and oxygen atoms in total. The van der Waals surface area contributed by atoms with Gasteiger partial charge in [-0.2, -0.15) is 0 Å². The Kier molecular flexibility index (Phi) is 5.63. The average molecular weight is 327 g/mol. The van der Waals surface area contributed by atoms with Gasteiger partial charge in [0.1, 0.15) is 5.75 Å². The highest BCUT2D eigenvalue weighted by molar-refractivity contribution is 6.31. The first-order valence-electron chi connectivity index (χ1n) is 6.97. The quantitative estimate of drug-likeness (QED) is 0.804. The van der Waals surface area contributed by atoms with Crippen LogP contribution in [-0.4, -0.2) is 45.7 Å². The highest BCUT2D eigenvalue weighted by atomic mass is 35.5. The van der Waals surface area contributed by atoms with Crippen molar-refractivity contribution in [3.05, 3.63) is 23.2 Å². The number of nitrogens with one attached hydrogen (secondary N) is 1. The van der Waals surface area contributed by atoms with Gasteiger partial charge >= 0.3 is 0 Å². The third-order valence-electron chi connectivity index (χ3n) is 3.53. The lowest BCUT2D eigenvalue weighted by Crippen LogP contribution is -2.34. The predicted octanol–water partition coefficient (Wildman–Crippen LogP) is 1.46. The lowest BCUT2D eigenvalue weighted by atomic mass is 10.1. The molecule has 22 heavy (non-hydrogen) atoms. The molecule has 2 rings (SSSR count). The van der Waals surface area contributed by atoms with Crippen LogP contribution < -0.4 is 15.0 Å². The van der Waals surface area contributed by atoms with Crippen LogP contribution >= 0.6 is 11.6 Å². The van der Waals surface area contributed by atoms with Gasteiger partial charge in [-0.05, 0) is 18.2 Å². The maximum Gasteiger partial charge on any atom is 0.227 e. The van der Waals surface area contributed by atoms with E-state index >= 15 is 0 Å². The number of benzene rings is 1. The molecule has 1 aliphatic rings. The zero-order valence-corrected chi connectivity index (χ0v) is 13.4. The number of ether oxygens (including phenoxy) is 2. The van der Waals surface area contributed by atoms with Gasteiger partial charge in [-0.3, -0.25) is 9.59 Å². The van der Waals surface area contributed by atoms with E-state index in [1.165, 1.54) is 7.11 Å². The Morgan fingerprint density at radius 2 is 2.23 bits per heavy atom. The van der Waals surface area contributed by atoms with Crippen molar-refractivity contribution in [3.8, 4) is 5.75 Å². The molecule has 1 heterocycles. The van der Waals surface area contributed by atoms with Crippen molar-refractivity contribution >= 4 is 29.1 Å². The van der Waals surface area contributed by atoms with Crippen LogP contribution in [0.25, 0.3) is 0 Å². The van der Waals surface area contributed by atoms with Gasteiger partial charge in [-0.15, -0.1) is 0 Å². The number of halogens is 1. The van der Waals surface area contributed by atoms with E-state index < -0.39 is 0 Å². The number of amides is 2. The first-order valence-corrected chi connectivity index (χ1v) is 7.35. The zero-order valence-electron chi connectivity index (χ0n) is 12.6. The summed E-state index contributed by atoms with van der Waals surface area (Å²) in [6.45, 7) is 1.19. The van der Waals surface area contributed by atoms with Crippen molar-refractivity contribution in [2.75, 3.05) is 38.8 Å². The van der Waals surface area contributed by atoms with Crippen molar-refractivity contribution < 1.29 is 19.1 Å². The second kappa shape index (κ2) is 7.47. The topological polar surface area (TPSA) is 67.9 Å². The molecule has 7 heteroatoms. The van der Waals surface area contributed by atoms with Gasteiger partial charge in [0.05, 0.1) is 25.3 Å². The molecule has 1 unspecified atom stereocenters. The maximum absolute atomic E-state index is 12.2. The summed E-state index contributed by atoms with van der Waals surface area (Å²) >= 11 is 6.00. The average Bonchev–Trinajstić information content (AvgIpc) is 2.89. The van der Waals surface area contributed by atoms with Crippen molar-refractivity contribution in [1.82, 2.24) is 5.32 Å². The van der Waals surface area contributed by atoms with Crippen LogP contribution in [0.1, 0.15) is 6.42 Å². The summed E-state index contributed by atoms with van der Waals surface area (Å²) in [7, 11) is 3.10. The largest absolute Gasteiger partial charge is 0.495 e. The highest BCUT2D eigenvalue weighted by Crippen LogP contribution is 2.35. The molecule has 1 fully saturated rings. The van der Waals surface area contributed by atoms with Crippen LogP contribution in [0.15, 0.2) is 18.2 Å². The molecule has 0 spiro atoms. The first kappa shape index (κ1) is 16.6. The summed E-state index contributed by atoms with van der Waals surface area (Å²) in [6, 6.07) is 5.07. The van der Waals surface area contributed by atoms with Crippen molar-refractivity contribution in [2.45, 2.75) is 6.42 Å². The Hall–Kier alpha value is -1.79. The molecule has 0 bridgehead atoms. The van der Waals surface area contributed by atoms with Gasteiger partial charge in [0.25, 0.3) is 0 Å². The number of nitrogens with zero attached hydrogens (tertiary/aromatic N) is 1. The Balaban J connectivity index is 2.09. The van der Waals surface area contributed by atoms with E-state index in [4.69, 9.17) is 21.1 Å². The van der Waals surface area contributed by atoms with Crippen molar-refractivity contribution in [2.24, 2.45) is 5.92 Å². The second-order valence-electron chi connectivity index (χ2n) is 5.01. The van der Waals surface area contributed by atoms with Crippen molar-refractivity contribution in [1.29, 1.82) is 0 Å². The molecule has 2 amide bonds. The standard InChI is InChI=1S/C15H19ClN2O4/c1-21-6-5-17-15(20)10-7-14(19)18(9-10)12-8-11(16)3-4-13(12)22-2/h3-4,8,10H,5-7,9H2,1-2H3,(H,17,20). The van der Waals surface area contributed by atoms with E-state index in [-0.39, 0.29) is 24.2 Å². The fourth-order valence-electron chi connectivity index (χ4n) is 2.41. The molecule has 0 saturated carbocycles. The Labute approximate surface area is 134 Å². The number of rotatable bonds is 6. The minimum atomic E-state index is -0.381. The minimum Gasteiger partial charge on any atom is -0.495 e. The van der Waals surface area contributed by atoms with E-state index in [2.05, 4.69) is 5.32 Å². The number of carbonyl (C=O) groups is 2. The first-order chi connectivity index (χ1) is 10.6. The summed E-state index contributed by atoms with van der Waals surface area (Å²) < 4.78 is 10.2. The number of carbonyl (C=O) groups excluding carboxylic acids is 2. The normalized spacial score (nSPS) is 17.7. The molecule has 1 aromatic rings. The van der Waals surface area contributed by atoms with E-state index in [0.29, 0.717) is 36.2 Å². The zero-order chi connectivity index (χ0) is 16.1. The summed E-state index contributed by atoms with van der Waals surface area (Å²) in [6.07, 6.45) is 0.175. The number of hydrogen-bond donors (Lipinski definition) is 1. The SMILES string of the molecule is COCCNC(=O)C1CC(=O)N(c2cc(Cl)ccc2OC)C1. The molecule has 0 aliphatic carbocycles. The van der Waals surface area contributed by atoms with Gasteiger partial charge in [0.15, 0.2) is 0 Å². The molecule has 1 saturated heterocycles. The van der Waals surface area contributed by atoms with Crippen LogP contribution in [0.4, 0.5) is 5.69 Å². The number of methoxy groups -OCH3 is 2. The molecule has 120 valence electrons. The molecular weight excluding hydrogens is 308 g/mol. The molecule has 1 aromatic carbocycles. The van der Waals surface area contributed by atoms with Gasteiger partial charge in [0.2, 0.25) is 11.8 Å². The Morgan fingerprint density at radius 1 is 1.45 bits per heavy atom. The Morgan fingerprint density at radius 3 is 2.91 bits per heavy atom. The van der Waals surface area contributed by atoms with Gasteiger partial charge in [-0.1, -0.05) is 11.6 Å². The lowest BCUT2D eigenvalue weighted by Gasteiger charge is -2.19. The smallest absolute Gasteiger partial charge is 0.227 e. The summed E-state index contributed by atoms with van der Waals surface area (Å²) in [5.74, 6) is -0.0902. The van der Waals surface area contributed by atoms with E-state index in [1.54, 1.807) is 30.2 Å². The summed E-state index contributed by atoms with van der Waals surface area (Å²) in [5, 5.41) is 3.27. The van der Waals surface area contributed by atoms with Gasteiger partial charge in [0, 0.05) is 31.6 Å². The third kappa shape index (κ3) is 3.69. The summed E-state index contributed by atoms with van der Waals surface area (Å²) in [4.78, 5) is 25.8. The Bertz CT molecular complexity index is 564. The molecule has 1 aliphatic heterocycles. The van der Waals surface area contributed by atoms with E-state index in [9.17, 15) is 9.59 Å². The lowest BCUT2D eigenvalue weighted by molar-refractivity contribution is -0.126. The van der Waals surface area contributed by atoms with Crippen LogP contribution in [-0.2, 0) is 14.3 Å². The molecule has 0 aromatic heterocycles. The van der Waals surface area contributed by atoms with E-state index in [1.807, 2.05) is 0 Å². The van der Waals surface area contributed by atoms with Crippen LogP contribution in [0.5, 0.6) is 5.75 Å². The third-order valence-corrected chi connectivity index (χ3v) is 3.77. The molecule has 0 radical (unpaired) electrons. The van der Waals surface area contributed by atoms with Crippen molar-refractivity contribution in [3.63, 3.8) is 0 Å². The minimum absolute atomic E-state index is 0.118. The second-order valence-corrected chi connectivity index (χ2v) is 5.44. The molecule has 1 atom stereocenters. The van der Waals surface area contributed by atoms with Crippen LogP contribution in [0, 0.1) is 5.92 Å². The molecular formula is C15H19ClN2O4. The van der Waals surface area contributed by atoms with Crippen LogP contribution in [0.3, 0.4) is 0 Å². The maximum atomic E-state index is 12.2. The number of anilines is 1. The monoisotopic (exact) mass is 326 g/mol. The van der Waals surface area contributed by atoms with E-state index in [0.717, 1.165) is 0 Å². The fourth-order valence-corrected chi connectivity index (χ4v) is 2.58. The van der Waals surface area contributed by atoms with Gasteiger partial charge < -0.3 is 19.7 Å². The fraction of sp³-hybridized carbons (Fsp3) is 0.467. The molecule has 1 N–H and O–H groups in total. The van der Waals surface area contributed by atoms with Gasteiger partial charge in [-0.25, -0.2) is 0 Å². The summed E-state index contributed by atoms with van der Waals surface area (Å²) in [5.41, 5.74) is 0.590. The number of hydrogen-bond acceptors (Lipinski definition) is 4. The van der Waals surface area contributed by atoms with Crippen LogP contribution in [0.2, 0.25) is 5.02 Å². The highest BCUT2D eigenvalue weighted by Gasteiger charge is 2.36. The predicted molar refractivity (Wildman–Crippen MR) is 83.3 cm³/mol.